The molecule has 3 nitrogen and oxygen atoms in total. The van der Waals surface area contributed by atoms with Crippen molar-refractivity contribution in [3.63, 3.8) is 0 Å². The second-order valence-electron chi connectivity index (χ2n) is 5.87. The fraction of sp³-hybridized carbons (Fsp3) is 0.625. The van der Waals surface area contributed by atoms with Gasteiger partial charge in [0, 0.05) is 24.7 Å². The van der Waals surface area contributed by atoms with Crippen LogP contribution in [0, 0.1) is 0 Å². The number of nitrogens with zero attached hydrogens (tertiary/aromatic N) is 1. The molecule has 1 aromatic rings. The van der Waals surface area contributed by atoms with Crippen LogP contribution in [-0.2, 0) is 11.2 Å². The van der Waals surface area contributed by atoms with Gasteiger partial charge in [-0.3, -0.25) is 4.90 Å². The van der Waals surface area contributed by atoms with Crippen molar-refractivity contribution in [3.8, 4) is 0 Å². The summed E-state index contributed by atoms with van der Waals surface area (Å²) in [5.41, 5.74) is 7.65. The number of ether oxygens (including phenoxy) is 1. The van der Waals surface area contributed by atoms with Gasteiger partial charge in [-0.15, -0.1) is 0 Å². The second-order valence-corrected chi connectivity index (χ2v) is 6.68. The third kappa shape index (κ3) is 3.91. The van der Waals surface area contributed by atoms with Gasteiger partial charge in [0.1, 0.15) is 0 Å². The lowest BCUT2D eigenvalue weighted by molar-refractivity contribution is -0.0272. The van der Waals surface area contributed by atoms with Crippen LogP contribution < -0.4 is 5.73 Å². The lowest BCUT2D eigenvalue weighted by Gasteiger charge is -2.46. The minimum absolute atomic E-state index is 0.0319. The van der Waals surface area contributed by atoms with Crippen LogP contribution in [0.25, 0.3) is 0 Å². The molecule has 118 valence electrons. The van der Waals surface area contributed by atoms with E-state index in [4.69, 9.17) is 33.7 Å². The van der Waals surface area contributed by atoms with Gasteiger partial charge >= 0.3 is 0 Å². The van der Waals surface area contributed by atoms with Gasteiger partial charge in [-0.1, -0.05) is 36.2 Å². The molecule has 1 fully saturated rings. The molecule has 1 aromatic carbocycles. The highest BCUT2D eigenvalue weighted by molar-refractivity contribution is 6.42. The lowest BCUT2D eigenvalue weighted by Crippen LogP contribution is -2.61. The summed E-state index contributed by atoms with van der Waals surface area (Å²) in [7, 11) is 0. The van der Waals surface area contributed by atoms with Crippen LogP contribution in [0.4, 0.5) is 0 Å². The van der Waals surface area contributed by atoms with Crippen molar-refractivity contribution in [2.75, 3.05) is 26.3 Å². The summed E-state index contributed by atoms with van der Waals surface area (Å²) >= 11 is 12.1. The normalized spacial score (nSPS) is 21.0. The fourth-order valence-corrected chi connectivity index (χ4v) is 3.26. The fourth-order valence-electron chi connectivity index (χ4n) is 2.93. The van der Waals surface area contributed by atoms with Gasteiger partial charge in [0.2, 0.25) is 0 Å². The van der Waals surface area contributed by atoms with Crippen LogP contribution in [-0.4, -0.2) is 42.8 Å². The number of morpholine rings is 1. The molecule has 1 aliphatic heterocycles. The first-order valence-electron chi connectivity index (χ1n) is 7.49. The average molecular weight is 331 g/mol. The van der Waals surface area contributed by atoms with Crippen LogP contribution in [0.3, 0.4) is 0 Å². The third-order valence-electron chi connectivity index (χ3n) is 4.69. The molecule has 0 spiro atoms. The molecule has 2 unspecified atom stereocenters. The molecule has 1 aliphatic rings. The monoisotopic (exact) mass is 330 g/mol. The first-order chi connectivity index (χ1) is 9.97. The van der Waals surface area contributed by atoms with Crippen LogP contribution in [0.2, 0.25) is 10.0 Å². The molecule has 21 heavy (non-hydrogen) atoms. The molecular formula is C16H24Cl2N2O. The summed E-state index contributed by atoms with van der Waals surface area (Å²) in [4.78, 5) is 2.46. The Morgan fingerprint density at radius 1 is 1.29 bits per heavy atom. The largest absolute Gasteiger partial charge is 0.379 e. The zero-order valence-electron chi connectivity index (χ0n) is 12.7. The maximum atomic E-state index is 6.56. The van der Waals surface area contributed by atoms with Gasteiger partial charge in [0.05, 0.1) is 23.3 Å². The highest BCUT2D eigenvalue weighted by atomic mass is 35.5. The smallest absolute Gasteiger partial charge is 0.0595 e. The van der Waals surface area contributed by atoms with E-state index in [0.29, 0.717) is 10.0 Å². The predicted molar refractivity (Wildman–Crippen MR) is 89.2 cm³/mol. The minimum Gasteiger partial charge on any atom is -0.379 e. The van der Waals surface area contributed by atoms with Gasteiger partial charge in [-0.25, -0.2) is 0 Å². The van der Waals surface area contributed by atoms with Crippen molar-refractivity contribution in [1.82, 2.24) is 4.90 Å². The number of benzene rings is 1. The summed E-state index contributed by atoms with van der Waals surface area (Å²) in [6, 6.07) is 5.80. The van der Waals surface area contributed by atoms with Crippen molar-refractivity contribution in [1.29, 1.82) is 0 Å². The molecule has 2 rings (SSSR count). The Balaban J connectivity index is 2.11. The number of hydrogen-bond acceptors (Lipinski definition) is 3. The zero-order valence-corrected chi connectivity index (χ0v) is 14.3. The standard InChI is InChI=1S/C16H24Cl2N2O/c1-3-16(2,20-6-8-21-9-7-20)15(19)11-12-4-5-13(17)14(18)10-12/h4-5,10,15H,3,6-9,11,19H2,1-2H3. The summed E-state index contributed by atoms with van der Waals surface area (Å²) in [6.45, 7) is 7.91. The molecule has 0 radical (unpaired) electrons. The van der Waals surface area contributed by atoms with Crippen molar-refractivity contribution < 1.29 is 4.74 Å². The van der Waals surface area contributed by atoms with Crippen LogP contribution in [0.1, 0.15) is 25.8 Å². The molecule has 0 bridgehead atoms. The Bertz CT molecular complexity index is 477. The van der Waals surface area contributed by atoms with Gasteiger partial charge in [-0.2, -0.15) is 0 Å². The van der Waals surface area contributed by atoms with E-state index in [-0.39, 0.29) is 11.6 Å². The van der Waals surface area contributed by atoms with E-state index in [1.54, 1.807) is 0 Å². The second kappa shape index (κ2) is 7.30. The summed E-state index contributed by atoms with van der Waals surface area (Å²) in [5, 5.41) is 1.17. The van der Waals surface area contributed by atoms with E-state index in [1.807, 2.05) is 18.2 Å². The molecule has 0 amide bonds. The molecule has 2 atom stereocenters. The number of nitrogens with two attached hydrogens (primary N) is 1. The van der Waals surface area contributed by atoms with E-state index >= 15 is 0 Å². The van der Waals surface area contributed by atoms with Crippen LogP contribution in [0.15, 0.2) is 18.2 Å². The van der Waals surface area contributed by atoms with E-state index in [1.165, 1.54) is 0 Å². The van der Waals surface area contributed by atoms with Crippen molar-refractivity contribution in [2.24, 2.45) is 5.73 Å². The Kier molecular flexibility index (Phi) is 5.92. The Labute approximate surface area is 137 Å². The summed E-state index contributed by atoms with van der Waals surface area (Å²) in [5.74, 6) is 0. The number of halogens is 2. The third-order valence-corrected chi connectivity index (χ3v) is 5.43. The van der Waals surface area contributed by atoms with Crippen molar-refractivity contribution >= 4 is 23.2 Å². The maximum Gasteiger partial charge on any atom is 0.0595 e. The van der Waals surface area contributed by atoms with Gasteiger partial charge in [0.25, 0.3) is 0 Å². The summed E-state index contributed by atoms with van der Waals surface area (Å²) in [6.07, 6.45) is 1.80. The van der Waals surface area contributed by atoms with Crippen LogP contribution >= 0.6 is 23.2 Å². The Morgan fingerprint density at radius 3 is 2.52 bits per heavy atom. The zero-order chi connectivity index (χ0) is 15.5. The van der Waals surface area contributed by atoms with E-state index in [9.17, 15) is 0 Å². The molecule has 0 aliphatic carbocycles. The summed E-state index contributed by atoms with van der Waals surface area (Å²) < 4.78 is 5.45. The van der Waals surface area contributed by atoms with E-state index in [2.05, 4.69) is 18.7 Å². The molecule has 1 heterocycles. The Morgan fingerprint density at radius 2 is 1.95 bits per heavy atom. The Hall–Kier alpha value is -0.320. The average Bonchev–Trinajstić information content (AvgIpc) is 2.51. The molecule has 1 saturated heterocycles. The maximum absolute atomic E-state index is 6.56. The molecule has 2 N–H and O–H groups in total. The van der Waals surface area contributed by atoms with Gasteiger partial charge in [0.15, 0.2) is 0 Å². The quantitative estimate of drug-likeness (QED) is 0.899. The molecular weight excluding hydrogens is 307 g/mol. The SMILES string of the molecule is CCC(C)(C(N)Cc1ccc(Cl)c(Cl)c1)N1CCOCC1. The van der Waals surface area contributed by atoms with Gasteiger partial charge < -0.3 is 10.5 Å². The highest BCUT2D eigenvalue weighted by Crippen LogP contribution is 2.28. The molecule has 0 aromatic heterocycles. The highest BCUT2D eigenvalue weighted by Gasteiger charge is 2.36. The number of rotatable bonds is 5. The lowest BCUT2D eigenvalue weighted by atomic mass is 9.84. The first kappa shape index (κ1) is 17.0. The molecule has 5 heteroatoms. The van der Waals surface area contributed by atoms with Gasteiger partial charge in [-0.05, 0) is 37.5 Å². The van der Waals surface area contributed by atoms with Crippen molar-refractivity contribution in [2.45, 2.75) is 38.3 Å². The first-order valence-corrected chi connectivity index (χ1v) is 8.25. The van der Waals surface area contributed by atoms with E-state index in [0.717, 1.165) is 44.7 Å². The van der Waals surface area contributed by atoms with Crippen LogP contribution in [0.5, 0.6) is 0 Å². The number of hydrogen-bond donors (Lipinski definition) is 1. The topological polar surface area (TPSA) is 38.5 Å². The minimum atomic E-state index is -0.0319. The predicted octanol–water partition coefficient (Wildman–Crippen LogP) is 3.36. The van der Waals surface area contributed by atoms with Crippen molar-refractivity contribution in [3.05, 3.63) is 33.8 Å². The van der Waals surface area contributed by atoms with E-state index < -0.39 is 0 Å². The molecule has 0 saturated carbocycles.